The molecule has 0 unspecified atom stereocenters. The molecule has 0 saturated heterocycles. The number of anilines is 1. The summed E-state index contributed by atoms with van der Waals surface area (Å²) < 4.78 is 5.01. The van der Waals surface area contributed by atoms with Gasteiger partial charge >= 0.3 is 5.97 Å². The van der Waals surface area contributed by atoms with Crippen molar-refractivity contribution < 1.29 is 19.4 Å². The number of amides is 1. The third kappa shape index (κ3) is 2.77. The minimum atomic E-state index is -1.14. The number of hydrogen-bond acceptors (Lipinski definition) is 4. The predicted molar refractivity (Wildman–Crippen MR) is 71.2 cm³/mol. The summed E-state index contributed by atoms with van der Waals surface area (Å²) in [5.74, 6) is -1.19. The molecule has 2 aromatic rings. The fourth-order valence-electron chi connectivity index (χ4n) is 1.66. The molecule has 1 aromatic heterocycles. The molecule has 1 amide bonds. The van der Waals surface area contributed by atoms with Gasteiger partial charge in [-0.05, 0) is 25.1 Å². The fraction of sp³-hybridized carbons (Fsp3) is 0.154. The van der Waals surface area contributed by atoms with Gasteiger partial charge in [-0.2, -0.15) is 5.10 Å². The smallest absolute Gasteiger partial charge is 0.337 e. The maximum Gasteiger partial charge on any atom is 0.337 e. The lowest BCUT2D eigenvalue weighted by atomic mass is 10.1. The van der Waals surface area contributed by atoms with Crippen LogP contribution in [0.1, 0.15) is 26.5 Å². The number of carboxylic acid groups (broad SMARTS) is 1. The molecule has 0 aliphatic heterocycles. The van der Waals surface area contributed by atoms with Gasteiger partial charge in [0.15, 0.2) is 5.69 Å². The average Bonchev–Trinajstić information content (AvgIpc) is 2.85. The third-order valence-electron chi connectivity index (χ3n) is 2.64. The number of H-pyrrole nitrogens is 1. The molecule has 3 N–H and O–H groups in total. The number of carboxylic acids is 1. The Balaban J connectivity index is 2.31. The summed E-state index contributed by atoms with van der Waals surface area (Å²) >= 11 is 0. The molecule has 0 saturated carbocycles. The van der Waals surface area contributed by atoms with Crippen molar-refractivity contribution >= 4 is 17.6 Å². The van der Waals surface area contributed by atoms with E-state index < -0.39 is 11.9 Å². The lowest BCUT2D eigenvalue weighted by Gasteiger charge is -2.09. The second kappa shape index (κ2) is 5.43. The quantitative estimate of drug-likeness (QED) is 0.787. The van der Waals surface area contributed by atoms with Gasteiger partial charge in [0, 0.05) is 11.8 Å². The molecule has 1 aromatic carbocycles. The molecule has 104 valence electrons. The van der Waals surface area contributed by atoms with Crippen LogP contribution in [0, 0.1) is 6.92 Å². The van der Waals surface area contributed by atoms with E-state index in [0.717, 1.165) is 5.69 Å². The van der Waals surface area contributed by atoms with Crippen molar-refractivity contribution in [3.05, 3.63) is 41.2 Å². The summed E-state index contributed by atoms with van der Waals surface area (Å²) in [6.07, 6.45) is 0. The van der Waals surface area contributed by atoms with Crippen LogP contribution < -0.4 is 10.1 Å². The molecule has 0 aliphatic carbocycles. The number of rotatable bonds is 4. The van der Waals surface area contributed by atoms with E-state index in [1.807, 2.05) is 0 Å². The van der Waals surface area contributed by atoms with Gasteiger partial charge in [-0.25, -0.2) is 4.79 Å². The summed E-state index contributed by atoms with van der Waals surface area (Å²) in [6.45, 7) is 1.76. The lowest BCUT2D eigenvalue weighted by molar-refractivity contribution is 0.0698. The van der Waals surface area contributed by atoms with Crippen molar-refractivity contribution in [1.29, 1.82) is 0 Å². The highest BCUT2D eigenvalue weighted by Gasteiger charge is 2.16. The normalized spacial score (nSPS) is 10.1. The maximum absolute atomic E-state index is 12.0. The van der Waals surface area contributed by atoms with Crippen LogP contribution in [0.25, 0.3) is 0 Å². The number of carbonyl (C=O) groups is 2. The van der Waals surface area contributed by atoms with Crippen molar-refractivity contribution in [2.75, 3.05) is 12.4 Å². The average molecular weight is 275 g/mol. The van der Waals surface area contributed by atoms with E-state index >= 15 is 0 Å². The minimum absolute atomic E-state index is 0.0218. The van der Waals surface area contributed by atoms with Gasteiger partial charge in [0.1, 0.15) is 5.75 Å². The number of aromatic amines is 1. The summed E-state index contributed by atoms with van der Waals surface area (Å²) in [5, 5.41) is 18.1. The van der Waals surface area contributed by atoms with Crippen LogP contribution in [0.5, 0.6) is 5.75 Å². The van der Waals surface area contributed by atoms with Gasteiger partial charge in [0.2, 0.25) is 0 Å². The summed E-state index contributed by atoms with van der Waals surface area (Å²) in [6, 6.07) is 5.89. The Morgan fingerprint density at radius 2 is 2.10 bits per heavy atom. The lowest BCUT2D eigenvalue weighted by Crippen LogP contribution is -2.15. The zero-order chi connectivity index (χ0) is 14.7. The fourth-order valence-corrected chi connectivity index (χ4v) is 1.66. The SMILES string of the molecule is COc1ccc(C(=O)O)c(NC(=O)c2cc(C)[nH]n2)c1. The Hall–Kier alpha value is -2.83. The molecule has 0 fully saturated rings. The van der Waals surface area contributed by atoms with Crippen LogP contribution in [-0.4, -0.2) is 34.3 Å². The molecule has 0 bridgehead atoms. The number of aromatic carboxylic acids is 1. The summed E-state index contributed by atoms with van der Waals surface area (Å²) in [5.41, 5.74) is 1.05. The molecule has 0 aliphatic rings. The van der Waals surface area contributed by atoms with Crippen LogP contribution in [0.3, 0.4) is 0 Å². The van der Waals surface area contributed by atoms with Crippen LogP contribution in [0.15, 0.2) is 24.3 Å². The van der Waals surface area contributed by atoms with E-state index in [1.165, 1.54) is 25.3 Å². The minimum Gasteiger partial charge on any atom is -0.497 e. The maximum atomic E-state index is 12.0. The largest absolute Gasteiger partial charge is 0.497 e. The van der Waals surface area contributed by atoms with E-state index in [4.69, 9.17) is 9.84 Å². The van der Waals surface area contributed by atoms with Crippen LogP contribution in [-0.2, 0) is 0 Å². The highest BCUT2D eigenvalue weighted by Crippen LogP contribution is 2.23. The van der Waals surface area contributed by atoms with E-state index in [9.17, 15) is 9.59 Å². The van der Waals surface area contributed by atoms with Crippen LogP contribution in [0.4, 0.5) is 5.69 Å². The standard InChI is InChI=1S/C13H13N3O4/c1-7-5-11(16-15-7)12(17)14-10-6-8(20-2)3-4-9(10)13(18)19/h3-6H,1-2H3,(H,14,17)(H,15,16)(H,18,19). The number of nitrogens with one attached hydrogen (secondary N) is 2. The van der Waals surface area contributed by atoms with Gasteiger partial charge in [-0.3, -0.25) is 9.89 Å². The first-order chi connectivity index (χ1) is 9.51. The van der Waals surface area contributed by atoms with Gasteiger partial charge < -0.3 is 15.2 Å². The van der Waals surface area contributed by atoms with Gasteiger partial charge in [-0.15, -0.1) is 0 Å². The topological polar surface area (TPSA) is 104 Å². The predicted octanol–water partition coefficient (Wildman–Crippen LogP) is 1.68. The third-order valence-corrected chi connectivity index (χ3v) is 2.64. The molecule has 20 heavy (non-hydrogen) atoms. The second-order valence-electron chi connectivity index (χ2n) is 4.11. The molecule has 0 spiro atoms. The summed E-state index contributed by atoms with van der Waals surface area (Å²) in [4.78, 5) is 23.1. The van der Waals surface area contributed by atoms with E-state index in [-0.39, 0.29) is 16.9 Å². The molecule has 0 atom stereocenters. The Labute approximate surface area is 114 Å². The number of nitrogens with zero attached hydrogens (tertiary/aromatic N) is 1. The van der Waals surface area contributed by atoms with Crippen LogP contribution >= 0.6 is 0 Å². The van der Waals surface area contributed by atoms with Crippen molar-refractivity contribution in [3.8, 4) is 5.75 Å². The monoisotopic (exact) mass is 275 g/mol. The Kier molecular flexibility index (Phi) is 3.69. The highest BCUT2D eigenvalue weighted by atomic mass is 16.5. The molecular weight excluding hydrogens is 262 g/mol. The molecule has 1 heterocycles. The first-order valence-corrected chi connectivity index (χ1v) is 5.76. The molecule has 7 heteroatoms. The van der Waals surface area contributed by atoms with Gasteiger partial charge in [0.05, 0.1) is 18.4 Å². The number of ether oxygens (including phenoxy) is 1. The Bertz CT molecular complexity index is 663. The van der Waals surface area contributed by atoms with Crippen molar-refractivity contribution in [2.45, 2.75) is 6.92 Å². The molecule has 2 rings (SSSR count). The molecular formula is C13H13N3O4. The van der Waals surface area contributed by atoms with Gasteiger partial charge in [0.25, 0.3) is 5.91 Å². The number of benzene rings is 1. The number of carbonyl (C=O) groups excluding carboxylic acids is 1. The van der Waals surface area contributed by atoms with Crippen molar-refractivity contribution in [3.63, 3.8) is 0 Å². The number of aryl methyl sites for hydroxylation is 1. The summed E-state index contributed by atoms with van der Waals surface area (Å²) in [7, 11) is 1.46. The van der Waals surface area contributed by atoms with Gasteiger partial charge in [-0.1, -0.05) is 0 Å². The van der Waals surface area contributed by atoms with E-state index in [0.29, 0.717) is 5.75 Å². The zero-order valence-electron chi connectivity index (χ0n) is 10.9. The Morgan fingerprint density at radius 1 is 1.35 bits per heavy atom. The Morgan fingerprint density at radius 3 is 2.65 bits per heavy atom. The first-order valence-electron chi connectivity index (χ1n) is 5.76. The number of methoxy groups -OCH3 is 1. The van der Waals surface area contributed by atoms with E-state index in [1.54, 1.807) is 13.0 Å². The molecule has 7 nitrogen and oxygen atoms in total. The number of aromatic nitrogens is 2. The van der Waals surface area contributed by atoms with Crippen LogP contribution in [0.2, 0.25) is 0 Å². The number of hydrogen-bond donors (Lipinski definition) is 3. The highest BCUT2D eigenvalue weighted by molar-refractivity contribution is 6.07. The zero-order valence-corrected chi connectivity index (χ0v) is 10.9. The first kappa shape index (κ1) is 13.6. The molecule has 0 radical (unpaired) electrons. The van der Waals surface area contributed by atoms with E-state index in [2.05, 4.69) is 15.5 Å². The van der Waals surface area contributed by atoms with Crippen molar-refractivity contribution in [1.82, 2.24) is 10.2 Å². The van der Waals surface area contributed by atoms with Crippen molar-refractivity contribution in [2.24, 2.45) is 0 Å². The second-order valence-corrected chi connectivity index (χ2v) is 4.11.